The molecule has 0 saturated heterocycles. The van der Waals surface area contributed by atoms with Gasteiger partial charge in [-0.25, -0.2) is 4.79 Å². The van der Waals surface area contributed by atoms with Crippen molar-refractivity contribution in [2.75, 3.05) is 0 Å². The highest BCUT2D eigenvalue weighted by Gasteiger charge is 2.22. The lowest BCUT2D eigenvalue weighted by molar-refractivity contribution is -0.140. The largest absolute Gasteiger partial charge is 0.481 e. The normalized spacial score (nSPS) is 11.7. The SMILES string of the molecule is Cc1cccc(C(=O)NC(CCC(=O)O)C(=O)O)c1C. The van der Waals surface area contributed by atoms with Crippen molar-refractivity contribution in [1.82, 2.24) is 5.32 Å². The van der Waals surface area contributed by atoms with Crippen LogP contribution in [0.4, 0.5) is 0 Å². The smallest absolute Gasteiger partial charge is 0.326 e. The summed E-state index contributed by atoms with van der Waals surface area (Å²) in [6.45, 7) is 3.63. The van der Waals surface area contributed by atoms with Gasteiger partial charge in [-0.15, -0.1) is 0 Å². The highest BCUT2D eigenvalue weighted by atomic mass is 16.4. The summed E-state index contributed by atoms with van der Waals surface area (Å²) in [6.07, 6.45) is -0.467. The van der Waals surface area contributed by atoms with Gasteiger partial charge in [-0.3, -0.25) is 9.59 Å². The van der Waals surface area contributed by atoms with Crippen LogP contribution in [0.15, 0.2) is 18.2 Å². The standard InChI is InChI=1S/C14H17NO5/c1-8-4-3-5-10(9(8)2)13(18)15-11(14(19)20)6-7-12(16)17/h3-5,11H,6-7H2,1-2H3,(H,15,18)(H,16,17)(H,19,20). The molecule has 0 aromatic heterocycles. The number of carbonyl (C=O) groups is 3. The van der Waals surface area contributed by atoms with Crippen LogP contribution in [0.2, 0.25) is 0 Å². The van der Waals surface area contributed by atoms with E-state index >= 15 is 0 Å². The first-order valence-electron chi connectivity index (χ1n) is 6.14. The fourth-order valence-electron chi connectivity index (χ4n) is 1.76. The van der Waals surface area contributed by atoms with E-state index < -0.39 is 23.9 Å². The minimum Gasteiger partial charge on any atom is -0.481 e. The fraction of sp³-hybridized carbons (Fsp3) is 0.357. The predicted molar refractivity (Wildman–Crippen MR) is 71.7 cm³/mol. The van der Waals surface area contributed by atoms with Crippen LogP contribution in [0.25, 0.3) is 0 Å². The molecule has 3 N–H and O–H groups in total. The number of hydrogen-bond donors (Lipinski definition) is 3. The maximum atomic E-state index is 12.1. The van der Waals surface area contributed by atoms with E-state index in [1.165, 1.54) is 0 Å². The van der Waals surface area contributed by atoms with E-state index in [0.29, 0.717) is 5.56 Å². The van der Waals surface area contributed by atoms with Crippen molar-refractivity contribution in [2.24, 2.45) is 0 Å². The zero-order valence-corrected chi connectivity index (χ0v) is 11.3. The van der Waals surface area contributed by atoms with Gasteiger partial charge in [-0.05, 0) is 37.5 Å². The van der Waals surface area contributed by atoms with Crippen molar-refractivity contribution in [2.45, 2.75) is 32.7 Å². The van der Waals surface area contributed by atoms with Crippen molar-refractivity contribution in [1.29, 1.82) is 0 Å². The molecule has 0 aliphatic carbocycles. The summed E-state index contributed by atoms with van der Waals surface area (Å²) in [7, 11) is 0. The number of aliphatic carboxylic acids is 2. The molecule has 108 valence electrons. The van der Waals surface area contributed by atoms with E-state index in [9.17, 15) is 14.4 Å². The highest BCUT2D eigenvalue weighted by molar-refractivity contribution is 5.98. The maximum Gasteiger partial charge on any atom is 0.326 e. The van der Waals surface area contributed by atoms with Crippen LogP contribution in [-0.4, -0.2) is 34.1 Å². The van der Waals surface area contributed by atoms with Crippen LogP contribution in [-0.2, 0) is 9.59 Å². The first-order chi connectivity index (χ1) is 9.32. The van der Waals surface area contributed by atoms with E-state index in [4.69, 9.17) is 10.2 Å². The molecule has 1 aromatic carbocycles. The topological polar surface area (TPSA) is 104 Å². The lowest BCUT2D eigenvalue weighted by Gasteiger charge is -2.15. The predicted octanol–water partition coefficient (Wildman–Crippen LogP) is 1.35. The molecule has 0 saturated carbocycles. The third kappa shape index (κ3) is 4.08. The van der Waals surface area contributed by atoms with Gasteiger partial charge in [0.25, 0.3) is 5.91 Å². The van der Waals surface area contributed by atoms with E-state index in [2.05, 4.69) is 5.32 Å². The monoisotopic (exact) mass is 279 g/mol. The van der Waals surface area contributed by atoms with Crippen molar-refractivity contribution in [3.8, 4) is 0 Å². The van der Waals surface area contributed by atoms with Crippen LogP contribution in [0.3, 0.4) is 0 Å². The quantitative estimate of drug-likeness (QED) is 0.729. The molecule has 6 nitrogen and oxygen atoms in total. The van der Waals surface area contributed by atoms with Crippen LogP contribution in [0.5, 0.6) is 0 Å². The number of aryl methyl sites for hydroxylation is 1. The number of amides is 1. The molecule has 0 aliphatic heterocycles. The molecule has 1 unspecified atom stereocenters. The van der Waals surface area contributed by atoms with Gasteiger partial charge in [0, 0.05) is 12.0 Å². The minimum absolute atomic E-state index is 0.152. The molecule has 0 bridgehead atoms. The average molecular weight is 279 g/mol. The number of nitrogens with one attached hydrogen (secondary N) is 1. The zero-order valence-electron chi connectivity index (χ0n) is 11.3. The second kappa shape index (κ2) is 6.70. The second-order valence-corrected chi connectivity index (χ2v) is 4.54. The number of rotatable bonds is 6. The summed E-state index contributed by atoms with van der Waals surface area (Å²) in [5.74, 6) is -2.86. The molecular weight excluding hydrogens is 262 g/mol. The van der Waals surface area contributed by atoms with Crippen LogP contribution >= 0.6 is 0 Å². The molecule has 1 rings (SSSR count). The molecular formula is C14H17NO5. The summed E-state index contributed by atoms with van der Waals surface area (Å²) < 4.78 is 0. The summed E-state index contributed by atoms with van der Waals surface area (Å²) >= 11 is 0. The lowest BCUT2D eigenvalue weighted by Crippen LogP contribution is -2.41. The Balaban J connectivity index is 2.83. The Morgan fingerprint density at radius 3 is 2.40 bits per heavy atom. The Morgan fingerprint density at radius 2 is 1.85 bits per heavy atom. The Kier molecular flexibility index (Phi) is 5.25. The highest BCUT2D eigenvalue weighted by Crippen LogP contribution is 2.13. The lowest BCUT2D eigenvalue weighted by atomic mass is 10.0. The van der Waals surface area contributed by atoms with Crippen molar-refractivity contribution < 1.29 is 24.6 Å². The Hall–Kier alpha value is -2.37. The molecule has 0 radical (unpaired) electrons. The summed E-state index contributed by atoms with van der Waals surface area (Å²) in [5, 5.41) is 19.9. The molecule has 0 spiro atoms. The summed E-state index contributed by atoms with van der Waals surface area (Å²) in [6, 6.07) is 3.96. The molecule has 1 aromatic rings. The van der Waals surface area contributed by atoms with Crippen LogP contribution in [0.1, 0.15) is 34.3 Å². The fourth-order valence-corrected chi connectivity index (χ4v) is 1.76. The van der Waals surface area contributed by atoms with Crippen LogP contribution in [0, 0.1) is 13.8 Å². The van der Waals surface area contributed by atoms with E-state index in [-0.39, 0.29) is 12.8 Å². The van der Waals surface area contributed by atoms with Gasteiger partial charge in [0.05, 0.1) is 0 Å². The number of benzene rings is 1. The number of hydrogen-bond acceptors (Lipinski definition) is 3. The van der Waals surface area contributed by atoms with Gasteiger partial charge in [0.1, 0.15) is 6.04 Å². The maximum absolute atomic E-state index is 12.1. The van der Waals surface area contributed by atoms with Crippen molar-refractivity contribution in [3.63, 3.8) is 0 Å². The van der Waals surface area contributed by atoms with Crippen molar-refractivity contribution in [3.05, 3.63) is 34.9 Å². The summed E-state index contributed by atoms with van der Waals surface area (Å²) in [5.41, 5.74) is 2.09. The third-order valence-corrected chi connectivity index (χ3v) is 3.10. The molecule has 0 heterocycles. The van der Waals surface area contributed by atoms with Gasteiger partial charge in [-0.1, -0.05) is 12.1 Å². The number of carbonyl (C=O) groups excluding carboxylic acids is 1. The Labute approximate surface area is 116 Å². The first-order valence-corrected chi connectivity index (χ1v) is 6.14. The molecule has 1 amide bonds. The van der Waals surface area contributed by atoms with Gasteiger partial charge in [0.2, 0.25) is 0 Å². The van der Waals surface area contributed by atoms with Crippen LogP contribution < -0.4 is 5.32 Å². The molecule has 0 aliphatic rings. The van der Waals surface area contributed by atoms with E-state index in [1.54, 1.807) is 19.1 Å². The van der Waals surface area contributed by atoms with Gasteiger partial charge in [0.15, 0.2) is 0 Å². The second-order valence-electron chi connectivity index (χ2n) is 4.54. The Bertz CT molecular complexity index is 538. The van der Waals surface area contributed by atoms with E-state index in [1.807, 2.05) is 13.0 Å². The minimum atomic E-state index is -1.25. The number of carboxylic acid groups (broad SMARTS) is 2. The third-order valence-electron chi connectivity index (χ3n) is 3.10. The van der Waals surface area contributed by atoms with Crippen molar-refractivity contribution >= 4 is 17.8 Å². The Morgan fingerprint density at radius 1 is 1.20 bits per heavy atom. The van der Waals surface area contributed by atoms with Gasteiger partial charge >= 0.3 is 11.9 Å². The zero-order chi connectivity index (χ0) is 15.3. The summed E-state index contributed by atoms with van der Waals surface area (Å²) in [4.78, 5) is 33.6. The molecule has 20 heavy (non-hydrogen) atoms. The van der Waals surface area contributed by atoms with E-state index in [0.717, 1.165) is 11.1 Å². The molecule has 1 atom stereocenters. The molecule has 0 fully saturated rings. The molecule has 6 heteroatoms. The average Bonchev–Trinajstić information content (AvgIpc) is 2.36. The van der Waals surface area contributed by atoms with Gasteiger partial charge < -0.3 is 15.5 Å². The first kappa shape index (κ1) is 15.7. The van der Waals surface area contributed by atoms with Gasteiger partial charge in [-0.2, -0.15) is 0 Å². The number of carboxylic acids is 2.